The van der Waals surface area contributed by atoms with Gasteiger partial charge in [-0.05, 0) is 43.4 Å². The van der Waals surface area contributed by atoms with Gasteiger partial charge >= 0.3 is 0 Å². The van der Waals surface area contributed by atoms with Gasteiger partial charge in [-0.1, -0.05) is 37.1 Å². The Kier molecular flexibility index (Phi) is 7.32. The first-order valence-corrected chi connectivity index (χ1v) is 10.3. The molecular formula is C21H27NO3S. The zero-order valence-electron chi connectivity index (χ0n) is 15.1. The number of carbonyl (C=O) groups excluding carboxylic acids is 2. The van der Waals surface area contributed by atoms with E-state index in [4.69, 9.17) is 4.18 Å². The van der Waals surface area contributed by atoms with Crippen LogP contribution in [-0.2, 0) is 13.8 Å². The number of nitrogens with zero attached hydrogens (tertiary/aromatic N) is 1. The summed E-state index contributed by atoms with van der Waals surface area (Å²) >= 11 is 1.33. The molecule has 4 nitrogen and oxygen atoms in total. The van der Waals surface area contributed by atoms with Crippen LogP contribution in [0.2, 0.25) is 0 Å². The Labute approximate surface area is 160 Å². The van der Waals surface area contributed by atoms with Crippen molar-refractivity contribution in [1.29, 1.82) is 0 Å². The SMILES string of the molecule is O=C(/C=C/[C@H]1CCCC(=O)N1CCOSc1ccccc1)CCC1CC1. The van der Waals surface area contributed by atoms with E-state index in [0.717, 1.165) is 30.1 Å². The maximum atomic E-state index is 12.3. The van der Waals surface area contributed by atoms with Crippen molar-refractivity contribution in [2.45, 2.75) is 55.9 Å². The van der Waals surface area contributed by atoms with Gasteiger partial charge in [0.05, 0.1) is 12.6 Å². The number of amides is 1. The average Bonchev–Trinajstić information content (AvgIpc) is 3.48. The summed E-state index contributed by atoms with van der Waals surface area (Å²) < 4.78 is 5.65. The van der Waals surface area contributed by atoms with Crippen molar-refractivity contribution in [1.82, 2.24) is 4.90 Å². The Morgan fingerprint density at radius 3 is 2.81 bits per heavy atom. The lowest BCUT2D eigenvalue weighted by atomic mass is 10.0. The quantitative estimate of drug-likeness (QED) is 0.346. The van der Waals surface area contributed by atoms with Gasteiger partial charge < -0.3 is 9.08 Å². The van der Waals surface area contributed by atoms with Crippen LogP contribution in [0.3, 0.4) is 0 Å². The van der Waals surface area contributed by atoms with Crippen molar-refractivity contribution in [3.63, 3.8) is 0 Å². The molecule has 1 aromatic carbocycles. The third-order valence-corrected chi connectivity index (χ3v) is 5.67. The number of hydrogen-bond donors (Lipinski definition) is 0. The second-order valence-corrected chi connectivity index (χ2v) is 7.95. The first-order chi connectivity index (χ1) is 12.7. The molecule has 26 heavy (non-hydrogen) atoms. The Balaban J connectivity index is 1.44. The van der Waals surface area contributed by atoms with E-state index in [0.29, 0.717) is 26.0 Å². The Morgan fingerprint density at radius 2 is 2.04 bits per heavy atom. The number of allylic oxidation sites excluding steroid dienone is 1. The molecule has 0 aromatic heterocycles. The molecule has 0 radical (unpaired) electrons. The van der Waals surface area contributed by atoms with Gasteiger partial charge in [0.2, 0.25) is 5.91 Å². The first-order valence-electron chi connectivity index (χ1n) is 9.57. The van der Waals surface area contributed by atoms with Gasteiger partial charge in [0.15, 0.2) is 5.78 Å². The second-order valence-electron chi connectivity index (χ2n) is 7.07. The molecule has 1 atom stereocenters. The molecule has 0 bridgehead atoms. The fraction of sp³-hybridized carbons (Fsp3) is 0.524. The largest absolute Gasteiger partial charge is 0.334 e. The van der Waals surface area contributed by atoms with Crippen molar-refractivity contribution in [2.24, 2.45) is 5.92 Å². The smallest absolute Gasteiger partial charge is 0.223 e. The lowest BCUT2D eigenvalue weighted by molar-refractivity contribution is -0.135. The third-order valence-electron chi connectivity index (χ3n) is 4.93. The monoisotopic (exact) mass is 373 g/mol. The number of hydrogen-bond acceptors (Lipinski definition) is 4. The molecule has 140 valence electrons. The molecule has 2 aliphatic rings. The highest BCUT2D eigenvalue weighted by atomic mass is 32.2. The summed E-state index contributed by atoms with van der Waals surface area (Å²) in [6.07, 6.45) is 10.2. The van der Waals surface area contributed by atoms with Crippen LogP contribution in [0.4, 0.5) is 0 Å². The van der Waals surface area contributed by atoms with Crippen molar-refractivity contribution < 1.29 is 13.8 Å². The molecule has 1 heterocycles. The summed E-state index contributed by atoms with van der Waals surface area (Å²) in [7, 11) is 0. The van der Waals surface area contributed by atoms with Crippen LogP contribution in [0, 0.1) is 5.92 Å². The number of benzene rings is 1. The number of likely N-dealkylation sites (tertiary alicyclic amines) is 1. The van der Waals surface area contributed by atoms with Gasteiger partial charge in [0.25, 0.3) is 0 Å². The molecule has 1 saturated heterocycles. The van der Waals surface area contributed by atoms with Gasteiger partial charge in [-0.2, -0.15) is 0 Å². The molecule has 1 saturated carbocycles. The Morgan fingerprint density at radius 1 is 1.23 bits per heavy atom. The van der Waals surface area contributed by atoms with E-state index in [1.165, 1.54) is 24.9 Å². The highest BCUT2D eigenvalue weighted by Crippen LogP contribution is 2.33. The van der Waals surface area contributed by atoms with E-state index < -0.39 is 0 Å². The van der Waals surface area contributed by atoms with Crippen molar-refractivity contribution in [3.8, 4) is 0 Å². The standard InChI is InChI=1S/C21H27NO3S/c23-19(13-11-17-9-10-17)14-12-18-5-4-8-21(24)22(18)15-16-25-26-20-6-2-1-3-7-20/h1-3,6-7,12,14,17-18H,4-5,8-11,13,15-16H2/b14-12+/t18-/m1/s1. The van der Waals surface area contributed by atoms with Crippen LogP contribution in [-0.4, -0.2) is 35.8 Å². The Bertz CT molecular complexity index is 627. The van der Waals surface area contributed by atoms with E-state index in [1.807, 2.05) is 41.3 Å². The summed E-state index contributed by atoms with van der Waals surface area (Å²) in [6.45, 7) is 1.04. The summed E-state index contributed by atoms with van der Waals surface area (Å²) in [6, 6.07) is 9.93. The molecule has 3 rings (SSSR count). The van der Waals surface area contributed by atoms with Gasteiger partial charge in [0, 0.05) is 36.3 Å². The van der Waals surface area contributed by atoms with E-state index in [1.54, 1.807) is 6.08 Å². The number of carbonyl (C=O) groups is 2. The minimum absolute atomic E-state index is 0.0199. The normalized spacial score (nSPS) is 20.7. The highest BCUT2D eigenvalue weighted by molar-refractivity contribution is 7.94. The highest BCUT2D eigenvalue weighted by Gasteiger charge is 2.26. The molecule has 1 aromatic rings. The van der Waals surface area contributed by atoms with Crippen LogP contribution in [0.5, 0.6) is 0 Å². The molecule has 0 unspecified atom stereocenters. The molecule has 1 aliphatic carbocycles. The van der Waals surface area contributed by atoms with Gasteiger partial charge in [-0.15, -0.1) is 0 Å². The van der Waals surface area contributed by atoms with Gasteiger partial charge in [-0.3, -0.25) is 9.59 Å². The molecule has 5 heteroatoms. The summed E-state index contributed by atoms with van der Waals surface area (Å²) in [5.74, 6) is 1.12. The van der Waals surface area contributed by atoms with Crippen LogP contribution in [0.1, 0.15) is 44.9 Å². The first kappa shape index (κ1) is 19.2. The second kappa shape index (κ2) is 9.93. The van der Waals surface area contributed by atoms with E-state index in [9.17, 15) is 9.59 Å². The van der Waals surface area contributed by atoms with Crippen molar-refractivity contribution in [3.05, 3.63) is 42.5 Å². The fourth-order valence-corrected chi connectivity index (χ4v) is 3.78. The number of piperidine rings is 1. The van der Waals surface area contributed by atoms with Crippen LogP contribution in [0.25, 0.3) is 0 Å². The zero-order valence-corrected chi connectivity index (χ0v) is 16.0. The summed E-state index contributed by atoms with van der Waals surface area (Å²) in [4.78, 5) is 27.2. The molecule has 0 spiro atoms. The summed E-state index contributed by atoms with van der Waals surface area (Å²) in [5.41, 5.74) is 0. The van der Waals surface area contributed by atoms with Crippen molar-refractivity contribution >= 4 is 23.7 Å². The minimum atomic E-state index is 0.0199. The van der Waals surface area contributed by atoms with Gasteiger partial charge in [0.1, 0.15) is 0 Å². The van der Waals surface area contributed by atoms with E-state index >= 15 is 0 Å². The predicted molar refractivity (Wildman–Crippen MR) is 104 cm³/mol. The van der Waals surface area contributed by atoms with Crippen molar-refractivity contribution in [2.75, 3.05) is 13.2 Å². The maximum absolute atomic E-state index is 12.3. The molecule has 1 aliphatic heterocycles. The maximum Gasteiger partial charge on any atom is 0.223 e. The average molecular weight is 374 g/mol. The van der Waals surface area contributed by atoms with Crippen LogP contribution in [0.15, 0.2) is 47.4 Å². The number of rotatable bonds is 10. The van der Waals surface area contributed by atoms with Crippen LogP contribution >= 0.6 is 12.0 Å². The zero-order chi connectivity index (χ0) is 18.2. The number of ketones is 1. The van der Waals surface area contributed by atoms with E-state index in [-0.39, 0.29) is 17.7 Å². The minimum Gasteiger partial charge on any atom is -0.334 e. The van der Waals surface area contributed by atoms with Crippen LogP contribution < -0.4 is 0 Å². The lowest BCUT2D eigenvalue weighted by Gasteiger charge is -2.33. The molecular weight excluding hydrogens is 346 g/mol. The molecule has 0 N–H and O–H groups in total. The fourth-order valence-electron chi connectivity index (χ4n) is 3.21. The predicted octanol–water partition coefficient (Wildman–Crippen LogP) is 4.41. The molecule has 1 amide bonds. The third kappa shape index (κ3) is 6.29. The lowest BCUT2D eigenvalue weighted by Crippen LogP contribution is -2.44. The Hall–Kier alpha value is -1.59. The van der Waals surface area contributed by atoms with Gasteiger partial charge in [-0.25, -0.2) is 0 Å². The molecule has 2 fully saturated rings. The topological polar surface area (TPSA) is 46.6 Å². The summed E-state index contributed by atoms with van der Waals surface area (Å²) in [5, 5.41) is 0. The van der Waals surface area contributed by atoms with E-state index in [2.05, 4.69) is 0 Å².